The van der Waals surface area contributed by atoms with Gasteiger partial charge in [-0.2, -0.15) is 0 Å². The number of benzene rings is 2. The van der Waals surface area contributed by atoms with Crippen LogP contribution >= 0.6 is 23.8 Å². The molecule has 1 aliphatic rings. The van der Waals surface area contributed by atoms with Gasteiger partial charge in [-0.1, -0.05) is 29.8 Å². The van der Waals surface area contributed by atoms with E-state index < -0.39 is 30.7 Å². The van der Waals surface area contributed by atoms with Gasteiger partial charge in [0, 0.05) is 17.2 Å². The van der Waals surface area contributed by atoms with Crippen LogP contribution in [-0.4, -0.2) is 46.2 Å². The molecule has 27 heavy (non-hydrogen) atoms. The maximum atomic E-state index is 10.6. The molecule has 8 heteroatoms. The van der Waals surface area contributed by atoms with Crippen molar-refractivity contribution < 1.29 is 29.2 Å². The van der Waals surface area contributed by atoms with E-state index in [1.54, 1.807) is 55.5 Å². The van der Waals surface area contributed by atoms with Crippen LogP contribution < -0.4 is 9.47 Å². The van der Waals surface area contributed by atoms with Gasteiger partial charge in [0.1, 0.15) is 17.6 Å². The first-order valence-corrected chi connectivity index (χ1v) is 9.10. The molecule has 3 rings (SSSR count). The lowest BCUT2D eigenvalue weighted by Gasteiger charge is -2.40. The summed E-state index contributed by atoms with van der Waals surface area (Å²) in [5.74, 6) is 0.939. The Morgan fingerprint density at radius 1 is 1.00 bits per heavy atom. The molecule has 0 unspecified atom stereocenters. The highest BCUT2D eigenvalue weighted by Crippen LogP contribution is 2.26. The molecule has 2 N–H and O–H groups in total. The van der Waals surface area contributed by atoms with E-state index in [2.05, 4.69) is 0 Å². The standard InChI is InChI=1S/C19H19ClO6S/c1-11-15(21)17(26-19(27)25-14-9-7-12(20)8-10-14)16(22)18(23-11)24-13-5-3-2-4-6-13/h2-11,15-18,21-22H,1H3/t11-,15-,16+,17+,18+/m0/s1. The Morgan fingerprint density at radius 3 is 2.33 bits per heavy atom. The van der Waals surface area contributed by atoms with Crippen molar-refractivity contribution in [3.8, 4) is 11.5 Å². The number of para-hydroxylation sites is 1. The van der Waals surface area contributed by atoms with Crippen LogP contribution in [0.15, 0.2) is 54.6 Å². The second kappa shape index (κ2) is 8.86. The lowest BCUT2D eigenvalue weighted by molar-refractivity contribution is -0.266. The largest absolute Gasteiger partial charge is 0.462 e. The van der Waals surface area contributed by atoms with Gasteiger partial charge in [-0.15, -0.1) is 0 Å². The quantitative estimate of drug-likeness (QED) is 0.750. The first kappa shape index (κ1) is 19.9. The molecule has 1 fully saturated rings. The van der Waals surface area contributed by atoms with Gasteiger partial charge in [-0.05, 0) is 43.3 Å². The molecule has 5 atom stereocenters. The Kier molecular flexibility index (Phi) is 6.51. The first-order valence-electron chi connectivity index (χ1n) is 8.31. The molecule has 0 radical (unpaired) electrons. The fourth-order valence-electron chi connectivity index (χ4n) is 2.60. The molecule has 0 amide bonds. The van der Waals surface area contributed by atoms with E-state index in [-0.39, 0.29) is 5.24 Å². The minimum absolute atomic E-state index is 0.243. The van der Waals surface area contributed by atoms with Crippen molar-refractivity contribution in [1.82, 2.24) is 0 Å². The summed E-state index contributed by atoms with van der Waals surface area (Å²) in [6.07, 6.45) is -5.17. The SMILES string of the molecule is C[C@@H]1O[C@H](Oc2ccccc2)[C@H](O)[C@H](OC(=S)Oc2ccc(Cl)cc2)[C@H]1O. The molecule has 0 aliphatic carbocycles. The molecule has 0 aromatic heterocycles. The summed E-state index contributed by atoms with van der Waals surface area (Å²) < 4.78 is 22.1. The predicted molar refractivity (Wildman–Crippen MR) is 103 cm³/mol. The van der Waals surface area contributed by atoms with E-state index in [1.807, 2.05) is 6.07 Å². The molecular weight excluding hydrogens is 392 g/mol. The van der Waals surface area contributed by atoms with Crippen LogP contribution in [0.4, 0.5) is 0 Å². The number of ether oxygens (including phenoxy) is 4. The maximum Gasteiger partial charge on any atom is 0.358 e. The van der Waals surface area contributed by atoms with E-state index in [1.165, 1.54) is 0 Å². The molecule has 1 saturated heterocycles. The fourth-order valence-corrected chi connectivity index (χ4v) is 2.93. The van der Waals surface area contributed by atoms with Crippen molar-refractivity contribution in [2.75, 3.05) is 0 Å². The molecule has 0 bridgehead atoms. The Bertz CT molecular complexity index is 757. The van der Waals surface area contributed by atoms with Gasteiger partial charge >= 0.3 is 5.24 Å². The maximum absolute atomic E-state index is 10.6. The fraction of sp³-hybridized carbons (Fsp3) is 0.316. The summed E-state index contributed by atoms with van der Waals surface area (Å²) in [5.41, 5.74) is 0. The van der Waals surface area contributed by atoms with Crippen molar-refractivity contribution in [2.45, 2.75) is 37.6 Å². The smallest absolute Gasteiger partial charge is 0.358 e. The zero-order chi connectivity index (χ0) is 19.4. The summed E-state index contributed by atoms with van der Waals surface area (Å²) in [6, 6.07) is 15.4. The number of rotatable bonds is 4. The summed E-state index contributed by atoms with van der Waals surface area (Å²) in [4.78, 5) is 0. The highest BCUT2D eigenvalue weighted by molar-refractivity contribution is 7.79. The normalized spacial score (nSPS) is 27.6. The van der Waals surface area contributed by atoms with Gasteiger partial charge in [0.05, 0.1) is 6.10 Å². The summed E-state index contributed by atoms with van der Waals surface area (Å²) in [7, 11) is 0. The third kappa shape index (κ3) is 5.09. The Labute approximate surface area is 167 Å². The molecule has 2 aromatic rings. The van der Waals surface area contributed by atoms with E-state index in [9.17, 15) is 10.2 Å². The molecule has 2 aromatic carbocycles. The lowest BCUT2D eigenvalue weighted by Crippen LogP contribution is -2.59. The average molecular weight is 411 g/mol. The highest BCUT2D eigenvalue weighted by atomic mass is 35.5. The van der Waals surface area contributed by atoms with E-state index in [4.69, 9.17) is 42.8 Å². The van der Waals surface area contributed by atoms with E-state index in [0.717, 1.165) is 0 Å². The minimum Gasteiger partial charge on any atom is -0.462 e. The van der Waals surface area contributed by atoms with E-state index in [0.29, 0.717) is 16.5 Å². The molecular formula is C19H19ClO6S. The van der Waals surface area contributed by atoms with Gasteiger partial charge in [0.15, 0.2) is 12.2 Å². The average Bonchev–Trinajstić information content (AvgIpc) is 2.66. The predicted octanol–water partition coefficient (Wildman–Crippen LogP) is 2.93. The number of halogens is 1. The van der Waals surface area contributed by atoms with Gasteiger partial charge < -0.3 is 29.2 Å². The summed E-state index contributed by atoms with van der Waals surface area (Å²) >= 11 is 10.9. The Morgan fingerprint density at radius 2 is 1.67 bits per heavy atom. The third-order valence-electron chi connectivity index (χ3n) is 4.02. The number of aliphatic hydroxyl groups excluding tert-OH is 2. The van der Waals surface area contributed by atoms with Gasteiger partial charge in [-0.25, -0.2) is 0 Å². The van der Waals surface area contributed by atoms with Gasteiger partial charge in [-0.3, -0.25) is 0 Å². The van der Waals surface area contributed by atoms with Crippen LogP contribution in [0.5, 0.6) is 11.5 Å². The van der Waals surface area contributed by atoms with Crippen LogP contribution in [0.2, 0.25) is 5.02 Å². The zero-order valence-corrected chi connectivity index (χ0v) is 16.0. The first-order chi connectivity index (χ1) is 12.9. The number of hydrogen-bond donors (Lipinski definition) is 2. The van der Waals surface area contributed by atoms with Crippen molar-refractivity contribution in [1.29, 1.82) is 0 Å². The monoisotopic (exact) mass is 410 g/mol. The van der Waals surface area contributed by atoms with E-state index >= 15 is 0 Å². The van der Waals surface area contributed by atoms with Crippen molar-refractivity contribution in [2.24, 2.45) is 0 Å². The second-order valence-electron chi connectivity index (χ2n) is 6.01. The van der Waals surface area contributed by atoms with Crippen molar-refractivity contribution in [3.63, 3.8) is 0 Å². The molecule has 0 saturated carbocycles. The lowest BCUT2D eigenvalue weighted by atomic mass is 10.00. The molecule has 6 nitrogen and oxygen atoms in total. The Balaban J connectivity index is 1.66. The second-order valence-corrected chi connectivity index (χ2v) is 6.78. The van der Waals surface area contributed by atoms with Crippen molar-refractivity contribution >= 4 is 29.1 Å². The highest BCUT2D eigenvalue weighted by Gasteiger charge is 2.46. The minimum atomic E-state index is -1.29. The van der Waals surface area contributed by atoms with Crippen LogP contribution in [-0.2, 0) is 9.47 Å². The van der Waals surface area contributed by atoms with Crippen LogP contribution in [0.1, 0.15) is 6.92 Å². The van der Waals surface area contributed by atoms with Crippen LogP contribution in [0.3, 0.4) is 0 Å². The number of hydrogen-bond acceptors (Lipinski definition) is 7. The van der Waals surface area contributed by atoms with Gasteiger partial charge in [0.2, 0.25) is 6.29 Å². The zero-order valence-electron chi connectivity index (χ0n) is 14.4. The Hall–Kier alpha value is -1.90. The van der Waals surface area contributed by atoms with Crippen molar-refractivity contribution in [3.05, 3.63) is 59.6 Å². The number of thiocarbonyl (C=S) groups is 1. The van der Waals surface area contributed by atoms with Gasteiger partial charge in [0.25, 0.3) is 0 Å². The third-order valence-corrected chi connectivity index (χ3v) is 4.46. The molecule has 0 spiro atoms. The number of aliphatic hydroxyl groups is 2. The molecule has 144 valence electrons. The summed E-state index contributed by atoms with van der Waals surface area (Å²) in [6.45, 7) is 1.65. The molecule has 1 aliphatic heterocycles. The summed E-state index contributed by atoms with van der Waals surface area (Å²) in [5, 5.41) is 21.2. The van der Waals surface area contributed by atoms with Crippen LogP contribution in [0, 0.1) is 0 Å². The molecule has 1 heterocycles. The topological polar surface area (TPSA) is 77.4 Å². The van der Waals surface area contributed by atoms with Crippen LogP contribution in [0.25, 0.3) is 0 Å².